The average molecular weight is 285 g/mol. The first kappa shape index (κ1) is 15.7. The fourth-order valence-electron chi connectivity index (χ4n) is 1.78. The summed E-state index contributed by atoms with van der Waals surface area (Å²) in [5, 5.41) is 8.70. The van der Waals surface area contributed by atoms with E-state index < -0.39 is 12.0 Å². The Morgan fingerprint density at radius 1 is 1.37 bits per heavy atom. The highest BCUT2D eigenvalue weighted by Gasteiger charge is 2.17. The molecule has 3 N–H and O–H groups in total. The average Bonchev–Trinajstić information content (AvgIpc) is 2.42. The van der Waals surface area contributed by atoms with E-state index in [0.29, 0.717) is 17.9 Å². The number of aliphatic carboxylic acids is 1. The van der Waals surface area contributed by atoms with Gasteiger partial charge in [0.05, 0.1) is 19.1 Å². The molecule has 0 aliphatic rings. The van der Waals surface area contributed by atoms with Crippen molar-refractivity contribution < 1.29 is 19.4 Å². The lowest BCUT2D eigenvalue weighted by Crippen LogP contribution is -2.13. The molecule has 0 saturated heterocycles. The Labute approximate surface area is 117 Å². The van der Waals surface area contributed by atoms with Crippen LogP contribution in [0.4, 0.5) is 0 Å². The standard InChI is InChI=1S/C13H19NO4S/c1-17-10-7-12(19-3)11(18-2)6-8(10)9(14)4-5-13(15)16/h6-7,9H,4-5,14H2,1-3H3,(H,15,16). The highest BCUT2D eigenvalue weighted by molar-refractivity contribution is 7.98. The van der Waals surface area contributed by atoms with Crippen LogP contribution in [0.2, 0.25) is 0 Å². The van der Waals surface area contributed by atoms with E-state index in [0.717, 1.165) is 10.5 Å². The van der Waals surface area contributed by atoms with Crippen LogP contribution in [0.15, 0.2) is 17.0 Å². The molecule has 1 atom stereocenters. The zero-order valence-electron chi connectivity index (χ0n) is 11.3. The predicted molar refractivity (Wildman–Crippen MR) is 75.1 cm³/mol. The van der Waals surface area contributed by atoms with E-state index in [9.17, 15) is 4.79 Å². The molecular weight excluding hydrogens is 266 g/mol. The zero-order valence-corrected chi connectivity index (χ0v) is 12.1. The smallest absolute Gasteiger partial charge is 0.303 e. The lowest BCUT2D eigenvalue weighted by molar-refractivity contribution is -0.137. The number of benzene rings is 1. The van der Waals surface area contributed by atoms with Gasteiger partial charge in [-0.25, -0.2) is 0 Å². The molecule has 0 aliphatic carbocycles. The summed E-state index contributed by atoms with van der Waals surface area (Å²) < 4.78 is 10.6. The quantitative estimate of drug-likeness (QED) is 0.748. The van der Waals surface area contributed by atoms with Gasteiger partial charge in [-0.1, -0.05) is 0 Å². The van der Waals surface area contributed by atoms with Crippen LogP contribution in [0.1, 0.15) is 24.4 Å². The minimum Gasteiger partial charge on any atom is -0.496 e. The number of methoxy groups -OCH3 is 2. The van der Waals surface area contributed by atoms with Crippen molar-refractivity contribution in [1.29, 1.82) is 0 Å². The second-order valence-corrected chi connectivity index (χ2v) is 4.84. The molecule has 19 heavy (non-hydrogen) atoms. The van der Waals surface area contributed by atoms with Gasteiger partial charge in [0, 0.05) is 18.0 Å². The van der Waals surface area contributed by atoms with Gasteiger partial charge in [0.1, 0.15) is 11.5 Å². The maximum atomic E-state index is 10.6. The molecule has 0 fully saturated rings. The van der Waals surface area contributed by atoms with Gasteiger partial charge >= 0.3 is 5.97 Å². The minimum absolute atomic E-state index is 0.0247. The normalized spacial score (nSPS) is 12.0. The molecule has 1 aromatic carbocycles. The fourth-order valence-corrected chi connectivity index (χ4v) is 2.35. The number of carbonyl (C=O) groups is 1. The fraction of sp³-hybridized carbons (Fsp3) is 0.462. The molecule has 0 aromatic heterocycles. The number of carboxylic acid groups (broad SMARTS) is 1. The Balaban J connectivity index is 3.06. The SMILES string of the molecule is COc1cc(C(N)CCC(=O)O)c(OC)cc1SC. The lowest BCUT2D eigenvalue weighted by Gasteiger charge is -2.18. The third-order valence-corrected chi connectivity index (χ3v) is 3.56. The maximum absolute atomic E-state index is 10.6. The number of ether oxygens (including phenoxy) is 2. The van der Waals surface area contributed by atoms with Gasteiger partial charge in [-0.2, -0.15) is 0 Å². The predicted octanol–water partition coefficient (Wildman–Crippen LogP) is 2.29. The summed E-state index contributed by atoms with van der Waals surface area (Å²) >= 11 is 1.55. The van der Waals surface area contributed by atoms with Gasteiger partial charge in [-0.05, 0) is 24.8 Å². The van der Waals surface area contributed by atoms with Crippen molar-refractivity contribution in [2.45, 2.75) is 23.8 Å². The number of thioether (sulfide) groups is 1. The van der Waals surface area contributed by atoms with Gasteiger partial charge in [-0.15, -0.1) is 11.8 Å². The molecule has 0 spiro atoms. The van der Waals surface area contributed by atoms with Gasteiger partial charge in [0.15, 0.2) is 0 Å². The third-order valence-electron chi connectivity index (χ3n) is 2.80. The van der Waals surface area contributed by atoms with Crippen molar-refractivity contribution in [3.05, 3.63) is 17.7 Å². The summed E-state index contributed by atoms with van der Waals surface area (Å²) in [6, 6.07) is 3.28. The monoisotopic (exact) mass is 285 g/mol. The number of hydrogen-bond acceptors (Lipinski definition) is 5. The Kier molecular flexibility index (Phi) is 5.98. The Hall–Kier alpha value is -1.40. The molecule has 1 unspecified atom stereocenters. The van der Waals surface area contributed by atoms with E-state index in [2.05, 4.69) is 0 Å². The van der Waals surface area contributed by atoms with Crippen molar-refractivity contribution in [2.24, 2.45) is 5.73 Å². The largest absolute Gasteiger partial charge is 0.496 e. The third kappa shape index (κ3) is 4.04. The highest BCUT2D eigenvalue weighted by Crippen LogP contribution is 2.37. The van der Waals surface area contributed by atoms with Crippen LogP contribution >= 0.6 is 11.8 Å². The van der Waals surface area contributed by atoms with Crippen molar-refractivity contribution in [3.8, 4) is 11.5 Å². The molecule has 0 radical (unpaired) electrons. The van der Waals surface area contributed by atoms with Crippen LogP contribution in [0.25, 0.3) is 0 Å². The van der Waals surface area contributed by atoms with E-state index in [1.807, 2.05) is 18.4 Å². The first-order valence-electron chi connectivity index (χ1n) is 5.80. The second-order valence-electron chi connectivity index (χ2n) is 3.99. The van der Waals surface area contributed by atoms with Crippen molar-refractivity contribution in [2.75, 3.05) is 20.5 Å². The first-order valence-corrected chi connectivity index (χ1v) is 7.03. The van der Waals surface area contributed by atoms with Crippen molar-refractivity contribution in [3.63, 3.8) is 0 Å². The molecule has 1 rings (SSSR count). The topological polar surface area (TPSA) is 81.8 Å². The summed E-state index contributed by atoms with van der Waals surface area (Å²) in [7, 11) is 3.16. The van der Waals surface area contributed by atoms with Gasteiger partial charge in [0.2, 0.25) is 0 Å². The number of nitrogens with two attached hydrogens (primary N) is 1. The van der Waals surface area contributed by atoms with E-state index >= 15 is 0 Å². The second kappa shape index (κ2) is 7.25. The summed E-state index contributed by atoms with van der Waals surface area (Å²) in [5.74, 6) is 0.513. The molecular formula is C13H19NO4S. The van der Waals surface area contributed by atoms with Crippen molar-refractivity contribution in [1.82, 2.24) is 0 Å². The molecule has 0 heterocycles. The van der Waals surface area contributed by atoms with Crippen LogP contribution < -0.4 is 15.2 Å². The van der Waals surface area contributed by atoms with Gasteiger partial charge in [0.25, 0.3) is 0 Å². The first-order chi connectivity index (χ1) is 9.03. The van der Waals surface area contributed by atoms with E-state index in [4.69, 9.17) is 20.3 Å². The Morgan fingerprint density at radius 2 is 2.00 bits per heavy atom. The van der Waals surface area contributed by atoms with E-state index in [1.165, 1.54) is 0 Å². The molecule has 0 aliphatic heterocycles. The van der Waals surface area contributed by atoms with Crippen LogP contribution in [0.3, 0.4) is 0 Å². The minimum atomic E-state index is -0.859. The molecule has 6 heteroatoms. The van der Waals surface area contributed by atoms with E-state index in [1.54, 1.807) is 26.0 Å². The molecule has 0 bridgehead atoms. The molecule has 5 nitrogen and oxygen atoms in total. The van der Waals surface area contributed by atoms with E-state index in [-0.39, 0.29) is 6.42 Å². The van der Waals surface area contributed by atoms with Crippen LogP contribution in [0, 0.1) is 0 Å². The lowest BCUT2D eigenvalue weighted by atomic mass is 10.0. The van der Waals surface area contributed by atoms with Crippen LogP contribution in [-0.2, 0) is 4.79 Å². The molecule has 0 amide bonds. The zero-order chi connectivity index (χ0) is 14.4. The number of rotatable bonds is 7. The van der Waals surface area contributed by atoms with Crippen LogP contribution in [-0.4, -0.2) is 31.6 Å². The molecule has 106 valence electrons. The highest BCUT2D eigenvalue weighted by atomic mass is 32.2. The Bertz CT molecular complexity index is 451. The van der Waals surface area contributed by atoms with Crippen molar-refractivity contribution >= 4 is 17.7 Å². The summed E-state index contributed by atoms with van der Waals surface area (Å²) in [5.41, 5.74) is 6.79. The Morgan fingerprint density at radius 3 is 2.47 bits per heavy atom. The number of carboxylic acids is 1. The molecule has 0 saturated carbocycles. The number of hydrogen-bond donors (Lipinski definition) is 2. The maximum Gasteiger partial charge on any atom is 0.303 e. The van der Waals surface area contributed by atoms with Crippen LogP contribution in [0.5, 0.6) is 11.5 Å². The van der Waals surface area contributed by atoms with Gasteiger partial charge < -0.3 is 20.3 Å². The molecule has 1 aromatic rings. The summed E-state index contributed by atoms with van der Waals surface area (Å²) in [6.45, 7) is 0. The summed E-state index contributed by atoms with van der Waals surface area (Å²) in [6.07, 6.45) is 2.33. The van der Waals surface area contributed by atoms with Gasteiger partial charge in [-0.3, -0.25) is 4.79 Å². The summed E-state index contributed by atoms with van der Waals surface area (Å²) in [4.78, 5) is 11.6.